The fourth-order valence-corrected chi connectivity index (χ4v) is 2.20. The van der Waals surface area contributed by atoms with Crippen molar-refractivity contribution < 1.29 is 9.53 Å². The lowest BCUT2D eigenvalue weighted by atomic mass is 10.1. The average molecular weight is 300 g/mol. The number of likely N-dealkylation sites (N-methyl/N-ethyl adjacent to an activating group) is 1. The number of carbonyl (C=O) groups is 1. The van der Waals surface area contributed by atoms with Gasteiger partial charge in [-0.15, -0.1) is 10.2 Å². The van der Waals surface area contributed by atoms with Gasteiger partial charge in [0.25, 0.3) is 5.91 Å². The molecule has 0 saturated carbocycles. The molecule has 0 aliphatic rings. The van der Waals surface area contributed by atoms with Crippen LogP contribution in [0.1, 0.15) is 23.0 Å². The van der Waals surface area contributed by atoms with Crippen molar-refractivity contribution in [3.63, 3.8) is 0 Å². The van der Waals surface area contributed by atoms with Crippen LogP contribution in [0.2, 0.25) is 0 Å². The van der Waals surface area contributed by atoms with Crippen LogP contribution in [0.4, 0.5) is 5.82 Å². The fraction of sp³-hybridized carbons (Fsp3) is 0.312. The van der Waals surface area contributed by atoms with Gasteiger partial charge in [-0.1, -0.05) is 18.2 Å². The molecule has 2 aromatic rings. The van der Waals surface area contributed by atoms with Crippen LogP contribution >= 0.6 is 0 Å². The molecule has 1 heterocycles. The van der Waals surface area contributed by atoms with E-state index >= 15 is 0 Å². The van der Waals surface area contributed by atoms with Crippen LogP contribution in [-0.4, -0.2) is 36.3 Å². The number of nitrogens with zero attached hydrogens (tertiary/aromatic N) is 3. The van der Waals surface area contributed by atoms with Crippen LogP contribution in [-0.2, 0) is 6.42 Å². The van der Waals surface area contributed by atoms with Gasteiger partial charge < -0.3 is 15.4 Å². The molecule has 1 amide bonds. The standard InChI is InChI=1S/C16H20N4O2/c1-11(10-12-6-4-5-7-14(12)22-3)20(2)15-9-8-13(16(17)21)18-19-15/h4-9,11H,10H2,1-3H3,(H2,17,21)/t11-/m1/s1. The number of benzene rings is 1. The molecule has 0 bridgehead atoms. The Morgan fingerprint density at radius 1 is 1.27 bits per heavy atom. The zero-order valence-corrected chi connectivity index (χ0v) is 13.0. The molecule has 2 rings (SSSR count). The topological polar surface area (TPSA) is 81.3 Å². The van der Waals surface area contributed by atoms with Crippen LogP contribution in [0.15, 0.2) is 36.4 Å². The van der Waals surface area contributed by atoms with E-state index in [4.69, 9.17) is 10.5 Å². The Kier molecular flexibility index (Phi) is 4.93. The quantitative estimate of drug-likeness (QED) is 0.877. The van der Waals surface area contributed by atoms with Crippen molar-refractivity contribution >= 4 is 11.7 Å². The molecule has 0 saturated heterocycles. The Morgan fingerprint density at radius 2 is 2.00 bits per heavy atom. The van der Waals surface area contributed by atoms with Crippen molar-refractivity contribution in [3.8, 4) is 5.75 Å². The summed E-state index contributed by atoms with van der Waals surface area (Å²) in [5.41, 5.74) is 6.46. The highest BCUT2D eigenvalue weighted by molar-refractivity contribution is 5.90. The molecule has 1 aromatic carbocycles. The number of anilines is 1. The van der Waals surface area contributed by atoms with Gasteiger partial charge in [-0.2, -0.15) is 0 Å². The summed E-state index contributed by atoms with van der Waals surface area (Å²) >= 11 is 0. The van der Waals surface area contributed by atoms with Crippen LogP contribution < -0.4 is 15.4 Å². The number of methoxy groups -OCH3 is 1. The lowest BCUT2D eigenvalue weighted by Gasteiger charge is -2.26. The Hall–Kier alpha value is -2.63. The Labute approximate surface area is 129 Å². The molecule has 0 aliphatic heterocycles. The van der Waals surface area contributed by atoms with Crippen molar-refractivity contribution in [3.05, 3.63) is 47.7 Å². The predicted octanol–water partition coefficient (Wildman–Crippen LogP) is 1.65. The van der Waals surface area contributed by atoms with Crippen molar-refractivity contribution in [2.45, 2.75) is 19.4 Å². The number of aromatic nitrogens is 2. The second-order valence-corrected chi connectivity index (χ2v) is 5.12. The van der Waals surface area contributed by atoms with E-state index in [0.29, 0.717) is 5.82 Å². The second-order valence-electron chi connectivity index (χ2n) is 5.12. The Balaban J connectivity index is 2.11. The van der Waals surface area contributed by atoms with E-state index in [1.807, 2.05) is 36.2 Å². The van der Waals surface area contributed by atoms with Crippen molar-refractivity contribution in [2.75, 3.05) is 19.1 Å². The van der Waals surface area contributed by atoms with E-state index in [1.54, 1.807) is 19.2 Å². The third kappa shape index (κ3) is 3.52. The van der Waals surface area contributed by atoms with E-state index in [2.05, 4.69) is 17.1 Å². The molecular weight excluding hydrogens is 280 g/mol. The molecular formula is C16H20N4O2. The maximum Gasteiger partial charge on any atom is 0.269 e. The number of para-hydroxylation sites is 1. The van der Waals surface area contributed by atoms with E-state index < -0.39 is 5.91 Å². The van der Waals surface area contributed by atoms with Gasteiger partial charge in [0.15, 0.2) is 11.5 Å². The molecule has 116 valence electrons. The fourth-order valence-electron chi connectivity index (χ4n) is 2.20. The number of amides is 1. The molecule has 6 nitrogen and oxygen atoms in total. The highest BCUT2D eigenvalue weighted by Crippen LogP contribution is 2.21. The summed E-state index contributed by atoms with van der Waals surface area (Å²) in [6.45, 7) is 2.09. The minimum absolute atomic E-state index is 0.162. The number of nitrogens with two attached hydrogens (primary N) is 1. The lowest BCUT2D eigenvalue weighted by molar-refractivity contribution is 0.0994. The van der Waals surface area contributed by atoms with Gasteiger partial charge in [0.2, 0.25) is 0 Å². The Bertz CT molecular complexity index is 643. The van der Waals surface area contributed by atoms with Gasteiger partial charge in [0, 0.05) is 13.1 Å². The van der Waals surface area contributed by atoms with Crippen molar-refractivity contribution in [2.24, 2.45) is 5.73 Å². The summed E-state index contributed by atoms with van der Waals surface area (Å²) in [6.07, 6.45) is 0.805. The first-order valence-electron chi connectivity index (χ1n) is 7.01. The normalized spacial score (nSPS) is 11.8. The maximum absolute atomic E-state index is 11.0. The number of primary amides is 1. The number of rotatable bonds is 6. The van der Waals surface area contributed by atoms with Crippen LogP contribution in [0.5, 0.6) is 5.75 Å². The van der Waals surface area contributed by atoms with Gasteiger partial charge in [0.1, 0.15) is 5.75 Å². The molecule has 6 heteroatoms. The molecule has 0 fully saturated rings. The predicted molar refractivity (Wildman–Crippen MR) is 85.1 cm³/mol. The van der Waals surface area contributed by atoms with Crippen LogP contribution in [0.25, 0.3) is 0 Å². The number of ether oxygens (including phenoxy) is 1. The third-order valence-corrected chi connectivity index (χ3v) is 3.63. The Morgan fingerprint density at radius 3 is 2.59 bits per heavy atom. The SMILES string of the molecule is COc1ccccc1C[C@@H](C)N(C)c1ccc(C(N)=O)nn1. The summed E-state index contributed by atoms with van der Waals surface area (Å²) in [5.74, 6) is 0.981. The highest BCUT2D eigenvalue weighted by atomic mass is 16.5. The highest BCUT2D eigenvalue weighted by Gasteiger charge is 2.15. The van der Waals surface area contributed by atoms with Crippen molar-refractivity contribution in [1.82, 2.24) is 10.2 Å². The van der Waals surface area contributed by atoms with E-state index in [0.717, 1.165) is 17.7 Å². The average Bonchev–Trinajstić information content (AvgIpc) is 2.54. The number of hydrogen-bond donors (Lipinski definition) is 1. The molecule has 1 aromatic heterocycles. The molecule has 0 radical (unpaired) electrons. The van der Waals surface area contributed by atoms with Crippen LogP contribution in [0.3, 0.4) is 0 Å². The number of carbonyl (C=O) groups excluding carboxylic acids is 1. The molecule has 1 atom stereocenters. The minimum atomic E-state index is -0.580. The molecule has 0 unspecified atom stereocenters. The first-order valence-corrected chi connectivity index (χ1v) is 7.01. The van der Waals surface area contributed by atoms with Gasteiger partial charge in [0.05, 0.1) is 7.11 Å². The van der Waals surface area contributed by atoms with E-state index in [-0.39, 0.29) is 11.7 Å². The largest absolute Gasteiger partial charge is 0.496 e. The summed E-state index contributed by atoms with van der Waals surface area (Å²) in [5, 5.41) is 7.88. The maximum atomic E-state index is 11.0. The third-order valence-electron chi connectivity index (χ3n) is 3.63. The van der Waals surface area contributed by atoms with Gasteiger partial charge >= 0.3 is 0 Å². The summed E-state index contributed by atoms with van der Waals surface area (Å²) < 4.78 is 5.38. The summed E-state index contributed by atoms with van der Waals surface area (Å²) in [7, 11) is 3.61. The summed E-state index contributed by atoms with van der Waals surface area (Å²) in [6, 6.07) is 11.4. The second kappa shape index (κ2) is 6.89. The molecule has 2 N–H and O–H groups in total. The molecule has 0 spiro atoms. The molecule has 0 aliphatic carbocycles. The van der Waals surface area contributed by atoms with E-state index in [1.165, 1.54) is 0 Å². The minimum Gasteiger partial charge on any atom is -0.496 e. The smallest absolute Gasteiger partial charge is 0.269 e. The number of hydrogen-bond acceptors (Lipinski definition) is 5. The first-order chi connectivity index (χ1) is 10.5. The van der Waals surface area contributed by atoms with Gasteiger partial charge in [-0.25, -0.2) is 0 Å². The zero-order valence-electron chi connectivity index (χ0n) is 13.0. The van der Waals surface area contributed by atoms with Gasteiger partial charge in [-0.3, -0.25) is 4.79 Å². The molecule has 22 heavy (non-hydrogen) atoms. The van der Waals surface area contributed by atoms with Crippen molar-refractivity contribution in [1.29, 1.82) is 0 Å². The zero-order chi connectivity index (χ0) is 16.1. The van der Waals surface area contributed by atoms with Gasteiger partial charge in [-0.05, 0) is 37.1 Å². The first kappa shape index (κ1) is 15.8. The van der Waals surface area contributed by atoms with Crippen LogP contribution in [0, 0.1) is 0 Å². The van der Waals surface area contributed by atoms with E-state index in [9.17, 15) is 4.79 Å². The summed E-state index contributed by atoms with van der Waals surface area (Å²) in [4.78, 5) is 13.0. The monoisotopic (exact) mass is 300 g/mol. The lowest BCUT2D eigenvalue weighted by Crippen LogP contribution is -2.32.